The first kappa shape index (κ1) is 10.4. The van der Waals surface area contributed by atoms with Crippen LogP contribution in [0.3, 0.4) is 0 Å². The number of nitrogens with one attached hydrogen (secondary N) is 1. The van der Waals surface area contributed by atoms with Gasteiger partial charge < -0.3 is 10.2 Å². The summed E-state index contributed by atoms with van der Waals surface area (Å²) >= 11 is 3.06. The third kappa shape index (κ3) is 5.17. The van der Waals surface area contributed by atoms with Gasteiger partial charge in [-0.3, -0.25) is 4.34 Å². The summed E-state index contributed by atoms with van der Waals surface area (Å²) < 4.78 is 2.80. The van der Waals surface area contributed by atoms with Gasteiger partial charge in [0.1, 0.15) is 0 Å². The van der Waals surface area contributed by atoms with E-state index in [1.54, 1.807) is 0 Å². The van der Waals surface area contributed by atoms with Crippen LogP contribution in [0.15, 0.2) is 0 Å². The fourth-order valence-electron chi connectivity index (χ4n) is 0.747. The molecule has 0 radical (unpaired) electrons. The molecule has 0 aromatic heterocycles. The molecule has 0 spiro atoms. The average Bonchev–Trinajstić information content (AvgIpc) is 1.98. The van der Waals surface area contributed by atoms with Crippen LogP contribution in [0.2, 0.25) is 0 Å². The summed E-state index contributed by atoms with van der Waals surface area (Å²) in [5.74, 6) is 0.256. The number of aliphatic hydroxyl groups excluding tert-OH is 2. The maximum absolute atomic E-state index is 8.74. The van der Waals surface area contributed by atoms with Crippen molar-refractivity contribution in [2.45, 2.75) is 12.8 Å². The first-order valence-electron chi connectivity index (χ1n) is 3.40. The lowest BCUT2D eigenvalue weighted by Crippen LogP contribution is -2.18. The van der Waals surface area contributed by atoms with Crippen molar-refractivity contribution in [1.82, 2.24) is 4.34 Å². The molecule has 0 aromatic carbocycles. The van der Waals surface area contributed by atoms with E-state index in [-0.39, 0.29) is 19.1 Å². The molecular formula is C6H14BrNO2. The van der Waals surface area contributed by atoms with Crippen molar-refractivity contribution < 1.29 is 10.2 Å². The molecule has 10 heavy (non-hydrogen) atoms. The van der Waals surface area contributed by atoms with Crippen LogP contribution in [0.4, 0.5) is 0 Å². The number of hydrogen-bond donors (Lipinski definition) is 3. The van der Waals surface area contributed by atoms with Crippen molar-refractivity contribution in [3.8, 4) is 0 Å². The van der Waals surface area contributed by atoms with Crippen LogP contribution in [0.1, 0.15) is 12.8 Å². The predicted molar refractivity (Wildman–Crippen MR) is 43.8 cm³/mol. The van der Waals surface area contributed by atoms with Crippen molar-refractivity contribution in [1.29, 1.82) is 0 Å². The Kier molecular flexibility index (Phi) is 7.74. The Hall–Kier alpha value is 0.360. The maximum atomic E-state index is 8.74. The Bertz CT molecular complexity index is 72.8. The molecule has 0 bridgehead atoms. The van der Waals surface area contributed by atoms with Gasteiger partial charge in [-0.2, -0.15) is 0 Å². The van der Waals surface area contributed by atoms with E-state index < -0.39 is 0 Å². The number of rotatable bonds is 6. The molecule has 1 atom stereocenters. The predicted octanol–water partition coefficient (Wildman–Crippen LogP) is 0.267. The largest absolute Gasteiger partial charge is 0.396 e. The molecule has 0 saturated carbocycles. The van der Waals surface area contributed by atoms with E-state index in [1.807, 2.05) is 0 Å². The Labute approximate surface area is 69.8 Å². The average molecular weight is 212 g/mol. The van der Waals surface area contributed by atoms with Gasteiger partial charge in [0.05, 0.1) is 0 Å². The zero-order chi connectivity index (χ0) is 7.82. The second-order valence-corrected chi connectivity index (χ2v) is 2.81. The lowest BCUT2D eigenvalue weighted by molar-refractivity contribution is 0.203. The highest BCUT2D eigenvalue weighted by atomic mass is 79.9. The highest BCUT2D eigenvalue weighted by molar-refractivity contribution is 9.08. The first-order chi connectivity index (χ1) is 4.85. The van der Waals surface area contributed by atoms with Gasteiger partial charge in [0.15, 0.2) is 0 Å². The molecule has 0 heterocycles. The number of halogens is 1. The van der Waals surface area contributed by atoms with Gasteiger partial charge >= 0.3 is 0 Å². The second kappa shape index (κ2) is 7.47. The Morgan fingerprint density at radius 3 is 2.50 bits per heavy atom. The molecule has 0 rings (SSSR count). The van der Waals surface area contributed by atoms with Gasteiger partial charge in [-0.15, -0.1) is 0 Å². The highest BCUT2D eigenvalue weighted by Gasteiger charge is 2.04. The van der Waals surface area contributed by atoms with Crippen LogP contribution in [0.5, 0.6) is 0 Å². The molecule has 0 fully saturated rings. The van der Waals surface area contributed by atoms with Gasteiger partial charge in [0, 0.05) is 35.9 Å². The number of hydrogen-bond acceptors (Lipinski definition) is 3. The van der Waals surface area contributed by atoms with Crippen LogP contribution in [-0.2, 0) is 0 Å². The van der Waals surface area contributed by atoms with Gasteiger partial charge in [0.25, 0.3) is 0 Å². The van der Waals surface area contributed by atoms with Crippen molar-refractivity contribution in [3.05, 3.63) is 0 Å². The molecule has 3 nitrogen and oxygen atoms in total. The molecule has 3 N–H and O–H groups in total. The Balaban J connectivity index is 3.21. The Morgan fingerprint density at radius 2 is 2.10 bits per heavy atom. The fourth-order valence-corrected chi connectivity index (χ4v) is 1.20. The minimum absolute atomic E-state index is 0.179. The summed E-state index contributed by atoms with van der Waals surface area (Å²) in [6.07, 6.45) is 1.63. The molecule has 0 aromatic rings. The van der Waals surface area contributed by atoms with E-state index in [4.69, 9.17) is 10.2 Å². The van der Waals surface area contributed by atoms with E-state index in [2.05, 4.69) is 20.5 Å². The molecule has 1 unspecified atom stereocenters. The van der Waals surface area contributed by atoms with Crippen molar-refractivity contribution in [3.63, 3.8) is 0 Å². The summed E-state index contributed by atoms with van der Waals surface area (Å²) in [7, 11) is 0. The van der Waals surface area contributed by atoms with Crippen molar-refractivity contribution >= 4 is 16.1 Å². The van der Waals surface area contributed by atoms with Crippen LogP contribution in [0.25, 0.3) is 0 Å². The second-order valence-electron chi connectivity index (χ2n) is 2.25. The SMILES string of the molecule is OCCCC(CO)CNBr. The van der Waals surface area contributed by atoms with E-state index in [0.29, 0.717) is 0 Å². The third-order valence-electron chi connectivity index (χ3n) is 1.39. The van der Waals surface area contributed by atoms with Crippen LogP contribution < -0.4 is 4.34 Å². The molecule has 62 valence electrons. The van der Waals surface area contributed by atoms with Gasteiger partial charge in [-0.1, -0.05) is 0 Å². The zero-order valence-electron chi connectivity index (χ0n) is 5.89. The van der Waals surface area contributed by atoms with E-state index in [9.17, 15) is 0 Å². The molecule has 0 aliphatic rings. The first-order valence-corrected chi connectivity index (χ1v) is 4.19. The quantitative estimate of drug-likeness (QED) is 0.554. The maximum Gasteiger partial charge on any atom is 0.0471 e. The summed E-state index contributed by atoms with van der Waals surface area (Å²) in [5, 5.41) is 17.2. The molecule has 0 amide bonds. The summed E-state index contributed by atoms with van der Waals surface area (Å²) in [6.45, 7) is 1.13. The summed E-state index contributed by atoms with van der Waals surface area (Å²) in [4.78, 5) is 0. The topological polar surface area (TPSA) is 52.5 Å². The Morgan fingerprint density at radius 1 is 1.40 bits per heavy atom. The van der Waals surface area contributed by atoms with Crippen LogP contribution in [-0.4, -0.2) is 30.0 Å². The zero-order valence-corrected chi connectivity index (χ0v) is 7.47. The van der Waals surface area contributed by atoms with Crippen molar-refractivity contribution in [2.24, 2.45) is 5.92 Å². The van der Waals surface area contributed by atoms with Gasteiger partial charge in [-0.05, 0) is 18.8 Å². The van der Waals surface area contributed by atoms with Crippen LogP contribution in [0, 0.1) is 5.92 Å². The summed E-state index contributed by atoms with van der Waals surface area (Å²) in [5.41, 5.74) is 0. The monoisotopic (exact) mass is 211 g/mol. The molecule has 0 saturated heterocycles. The smallest absolute Gasteiger partial charge is 0.0471 e. The third-order valence-corrected chi connectivity index (χ3v) is 1.72. The van der Waals surface area contributed by atoms with E-state index >= 15 is 0 Å². The fraction of sp³-hybridized carbons (Fsp3) is 1.00. The lowest BCUT2D eigenvalue weighted by atomic mass is 10.1. The van der Waals surface area contributed by atoms with E-state index in [1.165, 1.54) is 0 Å². The minimum Gasteiger partial charge on any atom is -0.396 e. The molecular weight excluding hydrogens is 198 g/mol. The van der Waals surface area contributed by atoms with Crippen LogP contribution >= 0.6 is 16.1 Å². The summed E-state index contributed by atoms with van der Waals surface area (Å²) in [6, 6.07) is 0. The molecule has 0 aliphatic heterocycles. The van der Waals surface area contributed by atoms with Gasteiger partial charge in [0.2, 0.25) is 0 Å². The van der Waals surface area contributed by atoms with E-state index in [0.717, 1.165) is 19.4 Å². The standard InChI is InChI=1S/C6H14BrNO2/c7-8-4-6(5-10)2-1-3-9/h6,8-10H,1-5H2. The molecule has 0 aliphatic carbocycles. The van der Waals surface area contributed by atoms with Gasteiger partial charge in [-0.25, -0.2) is 0 Å². The van der Waals surface area contributed by atoms with Crippen molar-refractivity contribution in [2.75, 3.05) is 19.8 Å². The highest BCUT2D eigenvalue weighted by Crippen LogP contribution is 2.03. The minimum atomic E-state index is 0.179. The number of aliphatic hydroxyl groups is 2. The normalized spacial score (nSPS) is 13.5. The molecule has 4 heteroatoms. The lowest BCUT2D eigenvalue weighted by Gasteiger charge is -2.10.